The van der Waals surface area contributed by atoms with Crippen molar-refractivity contribution in [1.29, 1.82) is 0 Å². The first-order valence-electron chi connectivity index (χ1n) is 6.84. The molecule has 5 heteroatoms. The Morgan fingerprint density at radius 1 is 1.39 bits per heavy atom. The van der Waals surface area contributed by atoms with Gasteiger partial charge in [-0.1, -0.05) is 0 Å². The van der Waals surface area contributed by atoms with Crippen LogP contribution >= 0.6 is 0 Å². The molecule has 2 bridgehead atoms. The fourth-order valence-corrected chi connectivity index (χ4v) is 5.10. The number of hydrogen-bond acceptors (Lipinski definition) is 4. The summed E-state index contributed by atoms with van der Waals surface area (Å²) >= 11 is 0. The zero-order chi connectivity index (χ0) is 12.9. The normalized spacial score (nSPS) is 43.6. The van der Waals surface area contributed by atoms with Crippen molar-refractivity contribution in [2.24, 2.45) is 29.1 Å². The number of rotatable bonds is 5. The van der Waals surface area contributed by atoms with Gasteiger partial charge in [-0.2, -0.15) is 0 Å². The van der Waals surface area contributed by atoms with Crippen molar-refractivity contribution in [1.82, 2.24) is 0 Å². The number of carbonyl (C=O) groups is 1. The summed E-state index contributed by atoms with van der Waals surface area (Å²) in [6.07, 6.45) is 3.67. The number of fused-ring (bicyclic) bond motifs is 1. The molecule has 100 valence electrons. The van der Waals surface area contributed by atoms with E-state index < -0.39 is 0 Å². The van der Waals surface area contributed by atoms with Crippen molar-refractivity contribution in [3.05, 3.63) is 10.1 Å². The number of carbonyl (C=O) groups excluding carboxylic acids is 1. The van der Waals surface area contributed by atoms with E-state index in [-0.39, 0.29) is 29.3 Å². The lowest BCUT2D eigenvalue weighted by atomic mass is 9.44. The molecule has 3 fully saturated rings. The Hall–Kier alpha value is -1.13. The molecular formula is C13H19NO4. The summed E-state index contributed by atoms with van der Waals surface area (Å²) in [7, 11) is 0. The van der Waals surface area contributed by atoms with E-state index in [0.29, 0.717) is 24.4 Å². The summed E-state index contributed by atoms with van der Waals surface area (Å²) in [6, 6.07) is 0. The molecule has 5 nitrogen and oxygen atoms in total. The second-order valence-electron chi connectivity index (χ2n) is 6.16. The van der Waals surface area contributed by atoms with Crippen LogP contribution in [0, 0.1) is 39.2 Å². The average molecular weight is 253 g/mol. The first-order chi connectivity index (χ1) is 8.56. The Morgan fingerprint density at radius 3 is 2.50 bits per heavy atom. The number of ether oxygens (including phenoxy) is 1. The van der Waals surface area contributed by atoms with Crippen LogP contribution in [0.25, 0.3) is 0 Å². The van der Waals surface area contributed by atoms with Crippen LogP contribution in [-0.4, -0.2) is 24.0 Å². The molecule has 0 amide bonds. The molecule has 5 atom stereocenters. The highest BCUT2D eigenvalue weighted by Crippen LogP contribution is 2.73. The van der Waals surface area contributed by atoms with Crippen molar-refractivity contribution >= 4 is 5.97 Å². The summed E-state index contributed by atoms with van der Waals surface area (Å²) in [4.78, 5) is 22.5. The Balaban J connectivity index is 1.78. The molecule has 0 saturated heterocycles. The second kappa shape index (κ2) is 3.93. The van der Waals surface area contributed by atoms with Crippen LogP contribution in [0.4, 0.5) is 0 Å². The molecule has 0 heterocycles. The van der Waals surface area contributed by atoms with Crippen LogP contribution in [-0.2, 0) is 9.53 Å². The van der Waals surface area contributed by atoms with E-state index in [1.165, 1.54) is 6.42 Å². The van der Waals surface area contributed by atoms with E-state index in [1.807, 2.05) is 0 Å². The third-order valence-corrected chi connectivity index (χ3v) is 5.49. The van der Waals surface area contributed by atoms with Gasteiger partial charge in [-0.25, -0.2) is 0 Å². The maximum absolute atomic E-state index is 11.7. The summed E-state index contributed by atoms with van der Waals surface area (Å²) in [5.41, 5.74) is -0.382. The molecule has 0 aromatic heterocycles. The fraction of sp³-hybridized carbons (Fsp3) is 0.923. The van der Waals surface area contributed by atoms with Crippen LogP contribution in [0.3, 0.4) is 0 Å². The molecule has 0 spiro atoms. The van der Waals surface area contributed by atoms with Crippen LogP contribution in [0.2, 0.25) is 0 Å². The molecule has 3 saturated carbocycles. The SMILES string of the molecule is CCOC(=O)C[C@]1(C[N+](=O)[O-])C2C[C@H]3C[C@@H]2[C@@H]1C3. The summed E-state index contributed by atoms with van der Waals surface area (Å²) < 4.78 is 5.01. The quantitative estimate of drug-likeness (QED) is 0.426. The van der Waals surface area contributed by atoms with Crippen molar-refractivity contribution in [3.8, 4) is 0 Å². The van der Waals surface area contributed by atoms with Gasteiger partial charge in [-0.05, 0) is 49.9 Å². The van der Waals surface area contributed by atoms with Gasteiger partial charge in [0, 0.05) is 4.92 Å². The van der Waals surface area contributed by atoms with Gasteiger partial charge in [0.05, 0.1) is 18.4 Å². The Bertz CT molecular complexity index is 380. The highest BCUT2D eigenvalue weighted by molar-refractivity contribution is 5.70. The van der Waals surface area contributed by atoms with Crippen molar-refractivity contribution in [2.45, 2.75) is 32.6 Å². The van der Waals surface area contributed by atoms with Crippen LogP contribution in [0.5, 0.6) is 0 Å². The van der Waals surface area contributed by atoms with Crippen LogP contribution in [0.15, 0.2) is 0 Å². The lowest BCUT2D eigenvalue weighted by molar-refractivity contribution is -0.512. The molecule has 3 rings (SSSR count). The van der Waals surface area contributed by atoms with Gasteiger partial charge in [0.25, 0.3) is 0 Å². The average Bonchev–Trinajstić information content (AvgIpc) is 2.84. The molecule has 0 aromatic carbocycles. The van der Waals surface area contributed by atoms with E-state index in [1.54, 1.807) is 6.92 Å². The van der Waals surface area contributed by atoms with Gasteiger partial charge in [0.2, 0.25) is 6.54 Å². The van der Waals surface area contributed by atoms with E-state index in [2.05, 4.69) is 0 Å². The minimum Gasteiger partial charge on any atom is -0.466 e. The second-order valence-corrected chi connectivity index (χ2v) is 6.16. The summed E-state index contributed by atoms with van der Waals surface area (Å²) in [6.45, 7) is 2.08. The Labute approximate surface area is 106 Å². The molecule has 3 aliphatic carbocycles. The molecule has 18 heavy (non-hydrogen) atoms. The molecular weight excluding hydrogens is 234 g/mol. The highest BCUT2D eigenvalue weighted by atomic mass is 16.6. The number of hydrogen-bond donors (Lipinski definition) is 0. The predicted octanol–water partition coefficient (Wildman–Crippen LogP) is 1.88. The standard InChI is InChI=1S/C13H19NO4/c1-2-18-12(15)6-13(7-14(16)17)10-4-8-3-9(10)11(13)5-8/h8-11H,2-7H2,1H3/t8-,9+,10-,11?,13+/m0/s1. The van der Waals surface area contributed by atoms with E-state index in [4.69, 9.17) is 4.74 Å². The maximum Gasteiger partial charge on any atom is 0.306 e. The largest absolute Gasteiger partial charge is 0.466 e. The summed E-state index contributed by atoms with van der Waals surface area (Å²) in [5, 5.41) is 11.0. The minimum atomic E-state index is -0.382. The number of nitro groups is 1. The first-order valence-corrected chi connectivity index (χ1v) is 6.84. The maximum atomic E-state index is 11.7. The van der Waals surface area contributed by atoms with Crippen LogP contribution in [0.1, 0.15) is 32.6 Å². The Morgan fingerprint density at radius 2 is 2.06 bits per heavy atom. The van der Waals surface area contributed by atoms with E-state index in [0.717, 1.165) is 18.8 Å². The van der Waals surface area contributed by atoms with Crippen molar-refractivity contribution < 1.29 is 14.5 Å². The van der Waals surface area contributed by atoms with Crippen molar-refractivity contribution in [2.75, 3.05) is 13.2 Å². The molecule has 0 aromatic rings. The first kappa shape index (κ1) is 11.9. The molecule has 3 aliphatic rings. The molecule has 0 radical (unpaired) electrons. The fourth-order valence-electron chi connectivity index (χ4n) is 5.10. The van der Waals surface area contributed by atoms with Gasteiger partial charge in [0.15, 0.2) is 0 Å². The van der Waals surface area contributed by atoms with Crippen LogP contribution < -0.4 is 0 Å². The summed E-state index contributed by atoms with van der Waals surface area (Å²) in [5.74, 6) is 1.97. The lowest BCUT2D eigenvalue weighted by Crippen LogP contribution is -2.59. The van der Waals surface area contributed by atoms with E-state index >= 15 is 0 Å². The zero-order valence-electron chi connectivity index (χ0n) is 10.6. The van der Waals surface area contributed by atoms with Gasteiger partial charge in [0.1, 0.15) is 0 Å². The topological polar surface area (TPSA) is 69.4 Å². The van der Waals surface area contributed by atoms with Gasteiger partial charge in [-0.15, -0.1) is 0 Å². The van der Waals surface area contributed by atoms with Gasteiger partial charge < -0.3 is 4.74 Å². The van der Waals surface area contributed by atoms with Gasteiger partial charge in [-0.3, -0.25) is 14.9 Å². The molecule has 0 N–H and O–H groups in total. The zero-order valence-corrected chi connectivity index (χ0v) is 10.6. The lowest BCUT2D eigenvalue weighted by Gasteiger charge is -2.58. The third-order valence-electron chi connectivity index (χ3n) is 5.49. The molecule has 0 aliphatic heterocycles. The highest BCUT2D eigenvalue weighted by Gasteiger charge is 2.71. The minimum absolute atomic E-state index is 0.0512. The molecule has 1 unspecified atom stereocenters. The predicted molar refractivity (Wildman–Crippen MR) is 63.4 cm³/mol. The van der Waals surface area contributed by atoms with Crippen molar-refractivity contribution in [3.63, 3.8) is 0 Å². The smallest absolute Gasteiger partial charge is 0.306 e. The monoisotopic (exact) mass is 253 g/mol. The Kier molecular flexibility index (Phi) is 2.61. The number of esters is 1. The third kappa shape index (κ3) is 1.49. The van der Waals surface area contributed by atoms with Gasteiger partial charge >= 0.3 is 5.97 Å². The van der Waals surface area contributed by atoms with E-state index in [9.17, 15) is 14.9 Å². The number of nitrogens with zero attached hydrogens (tertiary/aromatic N) is 1.